The lowest BCUT2D eigenvalue weighted by atomic mass is 9.72. The molecule has 4 nitrogen and oxygen atoms in total. The Balaban J connectivity index is 1.54. The summed E-state index contributed by atoms with van der Waals surface area (Å²) in [5.74, 6) is 0.219. The number of aromatic nitrogens is 1. The summed E-state index contributed by atoms with van der Waals surface area (Å²) in [6.07, 6.45) is 7.25. The van der Waals surface area contributed by atoms with E-state index >= 15 is 0 Å². The minimum atomic E-state index is -0.353. The molecule has 0 unspecified atom stereocenters. The largest absolute Gasteiger partial charge is 0.356 e. The van der Waals surface area contributed by atoms with E-state index in [-0.39, 0.29) is 11.3 Å². The van der Waals surface area contributed by atoms with Crippen LogP contribution < -0.4 is 5.32 Å². The van der Waals surface area contributed by atoms with Crippen LogP contribution in [-0.2, 0) is 17.8 Å². The minimum absolute atomic E-state index is 0.219. The third-order valence-electron chi connectivity index (χ3n) is 6.29. The van der Waals surface area contributed by atoms with Gasteiger partial charge in [0.15, 0.2) is 0 Å². The standard InChI is InChI=1S/C26H31N3OS/c1-2-13-28-25(30)26(11-15-29(16-12-26)20-21-7-5-14-27-19-21)18-22-8-3-4-9-23(22)24-10-6-17-31-24/h3-10,14,17,19H,2,11-13,15-16,18,20H2,1H3,(H,28,30). The van der Waals surface area contributed by atoms with Gasteiger partial charge < -0.3 is 5.32 Å². The molecule has 0 radical (unpaired) electrons. The van der Waals surface area contributed by atoms with E-state index in [2.05, 4.69) is 70.0 Å². The van der Waals surface area contributed by atoms with Crippen molar-refractivity contribution in [3.05, 3.63) is 77.4 Å². The normalized spacial score (nSPS) is 16.2. The summed E-state index contributed by atoms with van der Waals surface area (Å²) in [6.45, 7) is 5.60. The third-order valence-corrected chi connectivity index (χ3v) is 7.20. The predicted octanol–water partition coefficient (Wildman–Crippen LogP) is 5.16. The van der Waals surface area contributed by atoms with Gasteiger partial charge >= 0.3 is 0 Å². The molecule has 3 aromatic rings. The van der Waals surface area contributed by atoms with Crippen molar-refractivity contribution in [2.75, 3.05) is 19.6 Å². The van der Waals surface area contributed by atoms with E-state index in [0.29, 0.717) is 0 Å². The van der Waals surface area contributed by atoms with Gasteiger partial charge in [-0.05, 0) is 73.0 Å². The number of benzene rings is 1. The van der Waals surface area contributed by atoms with Crippen LogP contribution in [0.4, 0.5) is 0 Å². The van der Waals surface area contributed by atoms with Crippen molar-refractivity contribution in [3.63, 3.8) is 0 Å². The molecule has 31 heavy (non-hydrogen) atoms. The van der Waals surface area contributed by atoms with Crippen molar-refractivity contribution < 1.29 is 4.79 Å². The highest BCUT2D eigenvalue weighted by Gasteiger charge is 2.41. The molecule has 162 valence electrons. The molecule has 0 aliphatic carbocycles. The SMILES string of the molecule is CCCNC(=O)C1(Cc2ccccc2-c2cccs2)CCN(Cc2cccnc2)CC1. The van der Waals surface area contributed by atoms with Crippen LogP contribution in [0.3, 0.4) is 0 Å². The Morgan fingerprint density at radius 2 is 1.97 bits per heavy atom. The fourth-order valence-electron chi connectivity index (χ4n) is 4.51. The van der Waals surface area contributed by atoms with E-state index < -0.39 is 0 Å². The number of carbonyl (C=O) groups excluding carboxylic acids is 1. The van der Waals surface area contributed by atoms with Gasteiger partial charge in [0.1, 0.15) is 0 Å². The van der Waals surface area contributed by atoms with Gasteiger partial charge in [0.2, 0.25) is 5.91 Å². The first-order valence-electron chi connectivity index (χ1n) is 11.2. The van der Waals surface area contributed by atoms with Crippen LogP contribution >= 0.6 is 11.3 Å². The Morgan fingerprint density at radius 3 is 2.68 bits per heavy atom. The first kappa shape index (κ1) is 21.7. The van der Waals surface area contributed by atoms with Crippen LogP contribution in [0.15, 0.2) is 66.3 Å². The Morgan fingerprint density at radius 1 is 1.13 bits per heavy atom. The number of amides is 1. The molecule has 5 heteroatoms. The second-order valence-electron chi connectivity index (χ2n) is 8.48. The van der Waals surface area contributed by atoms with Gasteiger partial charge in [-0.1, -0.05) is 43.3 Å². The number of nitrogens with zero attached hydrogens (tertiary/aromatic N) is 2. The average molecular weight is 434 g/mol. The van der Waals surface area contributed by atoms with Gasteiger partial charge in [0.05, 0.1) is 5.41 Å². The first-order chi connectivity index (χ1) is 15.2. The van der Waals surface area contributed by atoms with E-state index in [0.717, 1.165) is 51.9 Å². The van der Waals surface area contributed by atoms with Crippen LogP contribution in [0.5, 0.6) is 0 Å². The summed E-state index contributed by atoms with van der Waals surface area (Å²) < 4.78 is 0. The van der Waals surface area contributed by atoms with Crippen molar-refractivity contribution in [1.29, 1.82) is 0 Å². The summed E-state index contributed by atoms with van der Waals surface area (Å²) in [4.78, 5) is 21.4. The number of hydrogen-bond donors (Lipinski definition) is 1. The van der Waals surface area contributed by atoms with Crippen LogP contribution in [0.25, 0.3) is 10.4 Å². The highest BCUT2D eigenvalue weighted by Crippen LogP contribution is 2.39. The lowest BCUT2D eigenvalue weighted by molar-refractivity contribution is -0.134. The number of hydrogen-bond acceptors (Lipinski definition) is 4. The molecule has 0 atom stereocenters. The van der Waals surface area contributed by atoms with Gasteiger partial charge in [-0.2, -0.15) is 0 Å². The monoisotopic (exact) mass is 433 g/mol. The van der Waals surface area contributed by atoms with E-state index in [1.807, 2.05) is 18.5 Å². The van der Waals surface area contributed by atoms with Gasteiger partial charge in [0, 0.05) is 30.4 Å². The molecule has 0 spiro atoms. The highest BCUT2D eigenvalue weighted by molar-refractivity contribution is 7.13. The molecule has 1 amide bonds. The zero-order valence-corrected chi connectivity index (χ0v) is 19.0. The maximum absolute atomic E-state index is 13.4. The van der Waals surface area contributed by atoms with Crippen LogP contribution in [0.1, 0.15) is 37.3 Å². The lowest BCUT2D eigenvalue weighted by Crippen LogP contribution is -2.50. The number of carbonyl (C=O) groups is 1. The van der Waals surface area contributed by atoms with E-state index in [1.165, 1.54) is 21.6 Å². The highest BCUT2D eigenvalue weighted by atomic mass is 32.1. The number of pyridine rings is 1. The molecule has 3 heterocycles. The van der Waals surface area contributed by atoms with Gasteiger partial charge in [-0.25, -0.2) is 0 Å². The molecule has 0 bridgehead atoms. The maximum atomic E-state index is 13.4. The quantitative estimate of drug-likeness (QED) is 0.534. The molecular weight excluding hydrogens is 402 g/mol. The van der Waals surface area contributed by atoms with Crippen molar-refractivity contribution >= 4 is 17.2 Å². The Bertz CT molecular complexity index is 963. The maximum Gasteiger partial charge on any atom is 0.226 e. The summed E-state index contributed by atoms with van der Waals surface area (Å²) in [6, 6.07) is 17.0. The molecule has 1 fully saturated rings. The average Bonchev–Trinajstić information content (AvgIpc) is 3.35. The predicted molar refractivity (Wildman–Crippen MR) is 128 cm³/mol. The van der Waals surface area contributed by atoms with Crippen LogP contribution in [0, 0.1) is 5.41 Å². The number of nitrogens with one attached hydrogen (secondary N) is 1. The number of likely N-dealkylation sites (tertiary alicyclic amines) is 1. The fourth-order valence-corrected chi connectivity index (χ4v) is 5.30. The number of piperidine rings is 1. The van der Waals surface area contributed by atoms with Gasteiger partial charge in [0.25, 0.3) is 0 Å². The van der Waals surface area contributed by atoms with Gasteiger partial charge in [-0.3, -0.25) is 14.7 Å². The fraction of sp³-hybridized carbons (Fsp3) is 0.385. The van der Waals surface area contributed by atoms with Crippen LogP contribution in [-0.4, -0.2) is 35.4 Å². The Kier molecular flexibility index (Phi) is 7.15. The van der Waals surface area contributed by atoms with E-state index in [1.54, 1.807) is 11.3 Å². The second-order valence-corrected chi connectivity index (χ2v) is 9.43. The van der Waals surface area contributed by atoms with E-state index in [4.69, 9.17) is 0 Å². The topological polar surface area (TPSA) is 45.2 Å². The van der Waals surface area contributed by atoms with Crippen LogP contribution in [0.2, 0.25) is 0 Å². The van der Waals surface area contributed by atoms with Gasteiger partial charge in [-0.15, -0.1) is 11.3 Å². The van der Waals surface area contributed by atoms with Crippen molar-refractivity contribution in [3.8, 4) is 10.4 Å². The molecule has 1 saturated heterocycles. The van der Waals surface area contributed by atoms with Crippen molar-refractivity contribution in [2.45, 2.75) is 39.2 Å². The summed E-state index contributed by atoms with van der Waals surface area (Å²) in [5.41, 5.74) is 3.41. The molecule has 2 aromatic heterocycles. The summed E-state index contributed by atoms with van der Waals surface area (Å²) >= 11 is 1.76. The molecule has 1 aliphatic heterocycles. The number of rotatable bonds is 8. The van der Waals surface area contributed by atoms with E-state index in [9.17, 15) is 4.79 Å². The molecule has 4 rings (SSSR count). The second kappa shape index (κ2) is 10.2. The third kappa shape index (κ3) is 5.23. The lowest BCUT2D eigenvalue weighted by Gasteiger charge is -2.41. The summed E-state index contributed by atoms with van der Waals surface area (Å²) in [5, 5.41) is 5.33. The Labute approximate surface area is 189 Å². The Hall–Kier alpha value is -2.50. The minimum Gasteiger partial charge on any atom is -0.356 e. The summed E-state index contributed by atoms with van der Waals surface area (Å²) in [7, 11) is 0. The van der Waals surface area contributed by atoms with Crippen molar-refractivity contribution in [1.82, 2.24) is 15.2 Å². The molecule has 1 N–H and O–H groups in total. The zero-order chi connectivity index (χ0) is 21.5. The zero-order valence-electron chi connectivity index (χ0n) is 18.2. The number of thiophene rings is 1. The molecule has 1 aromatic carbocycles. The van der Waals surface area contributed by atoms with Crippen molar-refractivity contribution in [2.24, 2.45) is 5.41 Å². The first-order valence-corrected chi connectivity index (χ1v) is 12.1. The molecule has 1 aliphatic rings. The smallest absolute Gasteiger partial charge is 0.226 e. The molecule has 0 saturated carbocycles. The molecular formula is C26H31N3OS.